The fourth-order valence-electron chi connectivity index (χ4n) is 3.25. The van der Waals surface area contributed by atoms with E-state index in [2.05, 4.69) is 21.3 Å². The van der Waals surface area contributed by atoms with Crippen molar-refractivity contribution in [1.29, 1.82) is 0 Å². The predicted octanol–water partition coefficient (Wildman–Crippen LogP) is 1.19. The molecule has 1 saturated heterocycles. The smallest absolute Gasteiger partial charge is 0.216 e. The zero-order valence-electron chi connectivity index (χ0n) is 17.9. The lowest BCUT2D eigenvalue weighted by Gasteiger charge is -2.35. The summed E-state index contributed by atoms with van der Waals surface area (Å²) < 4.78 is 37.3. The Labute approximate surface area is 174 Å². The summed E-state index contributed by atoms with van der Waals surface area (Å²) in [5.41, 5.74) is 1.14. The van der Waals surface area contributed by atoms with Gasteiger partial charge in [0.25, 0.3) is 0 Å². The first-order valence-electron chi connectivity index (χ1n) is 10.0. The molecule has 0 radical (unpaired) electrons. The minimum atomic E-state index is -3.29. The van der Waals surface area contributed by atoms with Gasteiger partial charge in [-0.3, -0.25) is 4.99 Å². The molecule has 29 heavy (non-hydrogen) atoms. The molecule has 0 atom stereocenters. The number of piperazine rings is 1. The zero-order chi connectivity index (χ0) is 21.3. The number of rotatable bonds is 9. The maximum Gasteiger partial charge on any atom is 0.216 e. The van der Waals surface area contributed by atoms with Crippen LogP contribution in [0.5, 0.6) is 5.75 Å². The summed E-state index contributed by atoms with van der Waals surface area (Å²) in [6.45, 7) is 6.88. The summed E-state index contributed by atoms with van der Waals surface area (Å²) >= 11 is 0. The molecule has 8 nitrogen and oxygen atoms in total. The lowest BCUT2D eigenvalue weighted by atomic mass is 10.1. The third-order valence-corrected chi connectivity index (χ3v) is 6.64. The normalized spacial score (nSPS) is 16.3. The molecule has 2 rings (SSSR count). The van der Waals surface area contributed by atoms with E-state index >= 15 is 0 Å². The largest absolute Gasteiger partial charge is 0.496 e. The number of benzene rings is 1. The Balaban J connectivity index is 1.81. The van der Waals surface area contributed by atoms with E-state index in [1.807, 2.05) is 32.0 Å². The maximum absolute atomic E-state index is 12.5. The predicted molar refractivity (Wildman–Crippen MR) is 116 cm³/mol. The SMILES string of the molecule is CN=C(NCCc1ccccc1OC)N1CCN(S(=O)(=O)CCOC(C)C)CC1. The van der Waals surface area contributed by atoms with Crippen LogP contribution in [-0.2, 0) is 21.2 Å². The number of sulfonamides is 1. The topological polar surface area (TPSA) is 83.5 Å². The minimum absolute atomic E-state index is 0.0249. The first-order valence-corrected chi connectivity index (χ1v) is 11.6. The van der Waals surface area contributed by atoms with Gasteiger partial charge in [0.15, 0.2) is 5.96 Å². The van der Waals surface area contributed by atoms with Crippen LogP contribution in [0.15, 0.2) is 29.3 Å². The molecule has 0 saturated carbocycles. The maximum atomic E-state index is 12.5. The highest BCUT2D eigenvalue weighted by atomic mass is 32.2. The van der Waals surface area contributed by atoms with Crippen molar-refractivity contribution in [2.45, 2.75) is 26.4 Å². The molecule has 1 aliphatic rings. The van der Waals surface area contributed by atoms with Crippen LogP contribution >= 0.6 is 0 Å². The highest BCUT2D eigenvalue weighted by molar-refractivity contribution is 7.89. The van der Waals surface area contributed by atoms with E-state index in [0.29, 0.717) is 26.2 Å². The van der Waals surface area contributed by atoms with Gasteiger partial charge in [-0.15, -0.1) is 0 Å². The summed E-state index contributed by atoms with van der Waals surface area (Å²) in [4.78, 5) is 6.45. The molecule has 0 aliphatic carbocycles. The van der Waals surface area contributed by atoms with Gasteiger partial charge < -0.3 is 19.7 Å². The first-order chi connectivity index (χ1) is 13.9. The summed E-state index contributed by atoms with van der Waals surface area (Å²) in [6, 6.07) is 7.96. The number of methoxy groups -OCH3 is 1. The standard InChI is InChI=1S/C20H34N4O4S/c1-17(2)28-15-16-29(25,26)24-13-11-23(12-14-24)20(21-3)22-10-9-18-7-5-6-8-19(18)27-4/h5-8,17H,9-16H2,1-4H3,(H,21,22). The average molecular weight is 427 g/mol. The molecule has 1 N–H and O–H groups in total. The van der Waals surface area contributed by atoms with Crippen LogP contribution in [0.2, 0.25) is 0 Å². The lowest BCUT2D eigenvalue weighted by Crippen LogP contribution is -2.54. The van der Waals surface area contributed by atoms with E-state index in [4.69, 9.17) is 9.47 Å². The molecule has 1 fully saturated rings. The Hall–Kier alpha value is -1.84. The first kappa shape index (κ1) is 23.4. The van der Waals surface area contributed by atoms with Crippen molar-refractivity contribution in [3.8, 4) is 5.75 Å². The quantitative estimate of drug-likeness (QED) is 0.472. The number of hydrogen-bond donors (Lipinski definition) is 1. The van der Waals surface area contributed by atoms with Crippen LogP contribution in [0.25, 0.3) is 0 Å². The molecule has 1 aromatic rings. The third-order valence-electron chi connectivity index (χ3n) is 4.81. The van der Waals surface area contributed by atoms with E-state index in [1.54, 1.807) is 18.5 Å². The van der Waals surface area contributed by atoms with Crippen LogP contribution < -0.4 is 10.1 Å². The van der Waals surface area contributed by atoms with Gasteiger partial charge in [0.2, 0.25) is 10.0 Å². The minimum Gasteiger partial charge on any atom is -0.496 e. The molecule has 0 spiro atoms. The molecule has 0 unspecified atom stereocenters. The lowest BCUT2D eigenvalue weighted by molar-refractivity contribution is 0.0904. The summed E-state index contributed by atoms with van der Waals surface area (Å²) in [5, 5.41) is 3.37. The average Bonchev–Trinajstić information content (AvgIpc) is 2.71. The molecule has 1 heterocycles. The van der Waals surface area contributed by atoms with E-state index in [0.717, 1.165) is 30.2 Å². The second kappa shape index (κ2) is 11.4. The molecule has 0 bridgehead atoms. The van der Waals surface area contributed by atoms with Crippen LogP contribution in [0.1, 0.15) is 19.4 Å². The highest BCUT2D eigenvalue weighted by Crippen LogP contribution is 2.17. The number of guanidine groups is 1. The van der Waals surface area contributed by atoms with Gasteiger partial charge in [-0.05, 0) is 31.9 Å². The number of nitrogens with one attached hydrogen (secondary N) is 1. The van der Waals surface area contributed by atoms with Gasteiger partial charge in [-0.25, -0.2) is 8.42 Å². The van der Waals surface area contributed by atoms with Crippen LogP contribution in [0, 0.1) is 0 Å². The van der Waals surface area contributed by atoms with Gasteiger partial charge in [0.05, 0.1) is 25.6 Å². The summed E-state index contributed by atoms with van der Waals surface area (Å²) in [5.74, 6) is 1.70. The fraction of sp³-hybridized carbons (Fsp3) is 0.650. The Morgan fingerprint density at radius 3 is 2.52 bits per heavy atom. The molecule has 0 aromatic heterocycles. The van der Waals surface area contributed by atoms with Crippen molar-refractivity contribution in [3.05, 3.63) is 29.8 Å². The summed E-state index contributed by atoms with van der Waals surface area (Å²) in [6.07, 6.45) is 0.847. The van der Waals surface area contributed by atoms with E-state index in [9.17, 15) is 8.42 Å². The molecular weight excluding hydrogens is 392 g/mol. The van der Waals surface area contributed by atoms with Gasteiger partial charge >= 0.3 is 0 Å². The van der Waals surface area contributed by atoms with Gasteiger partial charge in [0.1, 0.15) is 5.75 Å². The van der Waals surface area contributed by atoms with Crippen molar-refractivity contribution in [2.75, 3.05) is 59.2 Å². The van der Waals surface area contributed by atoms with E-state index < -0.39 is 10.0 Å². The second-order valence-electron chi connectivity index (χ2n) is 7.16. The van der Waals surface area contributed by atoms with Crippen LogP contribution in [0.3, 0.4) is 0 Å². The molecule has 1 aromatic carbocycles. The van der Waals surface area contributed by atoms with Crippen molar-refractivity contribution >= 4 is 16.0 Å². The van der Waals surface area contributed by atoms with Gasteiger partial charge in [0, 0.05) is 39.8 Å². The number of nitrogens with zero attached hydrogens (tertiary/aromatic N) is 3. The third kappa shape index (κ3) is 7.17. The van der Waals surface area contributed by atoms with Gasteiger partial charge in [-0.1, -0.05) is 18.2 Å². The highest BCUT2D eigenvalue weighted by Gasteiger charge is 2.27. The molecule has 164 valence electrons. The van der Waals surface area contributed by atoms with E-state index in [-0.39, 0.29) is 18.5 Å². The molecule has 1 aliphatic heterocycles. The Morgan fingerprint density at radius 1 is 1.21 bits per heavy atom. The van der Waals surface area contributed by atoms with E-state index in [1.165, 1.54) is 0 Å². The molecule has 9 heteroatoms. The zero-order valence-corrected chi connectivity index (χ0v) is 18.7. The number of aliphatic imine (C=N–C) groups is 1. The number of ether oxygens (including phenoxy) is 2. The molecule has 0 amide bonds. The number of hydrogen-bond acceptors (Lipinski definition) is 5. The van der Waals surface area contributed by atoms with Crippen molar-refractivity contribution in [1.82, 2.24) is 14.5 Å². The molecular formula is C20H34N4O4S. The van der Waals surface area contributed by atoms with Gasteiger partial charge in [-0.2, -0.15) is 4.31 Å². The Morgan fingerprint density at radius 2 is 1.90 bits per heavy atom. The van der Waals surface area contributed by atoms with Crippen LogP contribution in [-0.4, -0.2) is 88.9 Å². The second-order valence-corrected chi connectivity index (χ2v) is 9.25. The Bertz CT molecular complexity index is 759. The number of para-hydroxylation sites is 1. The Kier molecular flexibility index (Phi) is 9.19. The van der Waals surface area contributed by atoms with Crippen molar-refractivity contribution in [3.63, 3.8) is 0 Å². The van der Waals surface area contributed by atoms with Crippen molar-refractivity contribution in [2.24, 2.45) is 4.99 Å². The monoisotopic (exact) mass is 426 g/mol. The van der Waals surface area contributed by atoms with Crippen LogP contribution in [0.4, 0.5) is 0 Å². The van der Waals surface area contributed by atoms with Crippen molar-refractivity contribution < 1.29 is 17.9 Å². The fourth-order valence-corrected chi connectivity index (χ4v) is 4.53. The summed E-state index contributed by atoms with van der Waals surface area (Å²) in [7, 11) is 0.134.